The second-order valence-electron chi connectivity index (χ2n) is 6.22. The van der Waals surface area contributed by atoms with Gasteiger partial charge in [0.25, 0.3) is 0 Å². The Morgan fingerprint density at radius 1 is 1.19 bits per heavy atom. The molecule has 2 rings (SSSR count). The van der Waals surface area contributed by atoms with Crippen molar-refractivity contribution in [1.29, 1.82) is 0 Å². The molecule has 0 aliphatic carbocycles. The van der Waals surface area contributed by atoms with Gasteiger partial charge in [-0.15, -0.1) is 0 Å². The van der Waals surface area contributed by atoms with Crippen LogP contribution in [0.5, 0.6) is 5.75 Å². The average Bonchev–Trinajstić information content (AvgIpc) is 2.71. The third-order valence-electron chi connectivity index (χ3n) is 3.55. The Morgan fingerprint density at radius 3 is 2.33 bits per heavy atom. The molecular formula is C17H23BrN2O. The van der Waals surface area contributed by atoms with Gasteiger partial charge in [0.1, 0.15) is 12.4 Å². The van der Waals surface area contributed by atoms with Crippen molar-refractivity contribution in [1.82, 2.24) is 9.78 Å². The molecule has 0 aliphatic rings. The van der Waals surface area contributed by atoms with Crippen LogP contribution in [0.4, 0.5) is 0 Å². The summed E-state index contributed by atoms with van der Waals surface area (Å²) in [5.74, 6) is 0.886. The number of hydrogen-bond acceptors (Lipinski definition) is 2. The molecule has 0 spiro atoms. The minimum Gasteiger partial charge on any atom is -0.487 e. The lowest BCUT2D eigenvalue weighted by Crippen LogP contribution is -2.10. The second-order valence-corrected chi connectivity index (χ2v) is 7.02. The van der Waals surface area contributed by atoms with E-state index >= 15 is 0 Å². The van der Waals surface area contributed by atoms with Gasteiger partial charge in [-0.3, -0.25) is 4.68 Å². The summed E-state index contributed by atoms with van der Waals surface area (Å²) in [4.78, 5) is 0. The normalized spacial score (nSPS) is 11.7. The summed E-state index contributed by atoms with van der Waals surface area (Å²) in [6, 6.07) is 8.33. The van der Waals surface area contributed by atoms with Gasteiger partial charge in [0.15, 0.2) is 0 Å². The minimum atomic E-state index is 0.166. The molecular weight excluding hydrogens is 328 g/mol. The molecule has 0 unspecified atom stereocenters. The summed E-state index contributed by atoms with van der Waals surface area (Å²) in [6.45, 7) is 12.1. The van der Waals surface area contributed by atoms with Crippen molar-refractivity contribution in [3.8, 4) is 5.75 Å². The van der Waals surface area contributed by atoms with Crippen LogP contribution in [0.2, 0.25) is 0 Å². The summed E-state index contributed by atoms with van der Waals surface area (Å²) in [7, 11) is 0. The number of nitrogens with zero attached hydrogens (tertiary/aromatic N) is 2. The smallest absolute Gasteiger partial charge is 0.131 e. The highest BCUT2D eigenvalue weighted by Gasteiger charge is 2.14. The van der Waals surface area contributed by atoms with Crippen molar-refractivity contribution in [3.63, 3.8) is 0 Å². The van der Waals surface area contributed by atoms with Gasteiger partial charge in [-0.1, -0.05) is 32.9 Å². The van der Waals surface area contributed by atoms with Crippen LogP contribution in [-0.2, 0) is 18.6 Å². The monoisotopic (exact) mass is 350 g/mol. The van der Waals surface area contributed by atoms with E-state index in [0.29, 0.717) is 6.61 Å². The molecule has 21 heavy (non-hydrogen) atoms. The lowest BCUT2D eigenvalue weighted by Gasteiger charge is -2.19. The molecule has 1 heterocycles. The number of aryl methyl sites for hydroxylation is 2. The van der Waals surface area contributed by atoms with Crippen molar-refractivity contribution in [2.24, 2.45) is 0 Å². The van der Waals surface area contributed by atoms with Crippen LogP contribution < -0.4 is 4.74 Å². The molecule has 1 aromatic carbocycles. The lowest BCUT2D eigenvalue weighted by atomic mass is 9.87. The first-order chi connectivity index (χ1) is 9.82. The van der Waals surface area contributed by atoms with Gasteiger partial charge < -0.3 is 4.74 Å². The number of rotatable bonds is 4. The van der Waals surface area contributed by atoms with Crippen molar-refractivity contribution in [2.75, 3.05) is 0 Å². The number of hydrogen-bond donors (Lipinski definition) is 0. The van der Waals surface area contributed by atoms with Crippen molar-refractivity contribution in [2.45, 2.75) is 53.2 Å². The van der Waals surface area contributed by atoms with Gasteiger partial charge in [-0.25, -0.2) is 0 Å². The zero-order valence-electron chi connectivity index (χ0n) is 13.4. The maximum atomic E-state index is 5.91. The quantitative estimate of drug-likeness (QED) is 0.787. The lowest BCUT2D eigenvalue weighted by molar-refractivity contribution is 0.291. The zero-order valence-corrected chi connectivity index (χ0v) is 15.0. The highest BCUT2D eigenvalue weighted by atomic mass is 79.9. The molecule has 3 nitrogen and oxygen atoms in total. The molecule has 0 aliphatic heterocycles. The van der Waals surface area contributed by atoms with Gasteiger partial charge in [0.2, 0.25) is 0 Å². The van der Waals surface area contributed by atoms with Crippen LogP contribution in [0, 0.1) is 6.92 Å². The molecule has 0 fully saturated rings. The number of aromatic nitrogens is 2. The van der Waals surface area contributed by atoms with Gasteiger partial charge in [-0.05, 0) is 52.9 Å². The average molecular weight is 351 g/mol. The Morgan fingerprint density at radius 2 is 1.81 bits per heavy atom. The molecule has 0 N–H and O–H groups in total. The summed E-state index contributed by atoms with van der Waals surface area (Å²) in [5.41, 5.74) is 3.55. The fourth-order valence-electron chi connectivity index (χ4n) is 2.21. The van der Waals surface area contributed by atoms with Crippen LogP contribution >= 0.6 is 15.9 Å². The van der Waals surface area contributed by atoms with E-state index in [1.165, 1.54) is 5.56 Å². The third-order valence-corrected chi connectivity index (χ3v) is 4.58. The molecule has 4 heteroatoms. The van der Waals surface area contributed by atoms with Gasteiger partial charge in [-0.2, -0.15) is 5.10 Å². The molecule has 0 radical (unpaired) electrons. The van der Waals surface area contributed by atoms with E-state index < -0.39 is 0 Å². The predicted octanol–water partition coefficient (Wildman–Crippen LogP) is 4.85. The largest absolute Gasteiger partial charge is 0.487 e. The highest BCUT2D eigenvalue weighted by Crippen LogP contribution is 2.26. The standard InChI is InChI=1S/C17H23BrN2O/c1-6-20-15(16(18)12(2)19-20)11-21-14-9-7-13(8-10-14)17(3,4)5/h7-10H,6,11H2,1-5H3. The van der Waals surface area contributed by atoms with E-state index in [1.807, 2.05) is 23.7 Å². The Bertz CT molecular complexity index is 609. The summed E-state index contributed by atoms with van der Waals surface area (Å²) < 4.78 is 8.92. The number of halogens is 1. The maximum Gasteiger partial charge on any atom is 0.131 e. The second kappa shape index (κ2) is 6.22. The van der Waals surface area contributed by atoms with Crippen molar-refractivity contribution < 1.29 is 4.74 Å². The van der Waals surface area contributed by atoms with Crippen molar-refractivity contribution in [3.05, 3.63) is 45.7 Å². The summed E-state index contributed by atoms with van der Waals surface area (Å²) in [5, 5.41) is 4.48. The van der Waals surface area contributed by atoms with E-state index in [4.69, 9.17) is 4.74 Å². The molecule has 114 valence electrons. The van der Waals surface area contributed by atoms with Crippen molar-refractivity contribution >= 4 is 15.9 Å². The molecule has 0 saturated heterocycles. The first-order valence-electron chi connectivity index (χ1n) is 7.28. The van der Waals surface area contributed by atoms with E-state index in [1.54, 1.807) is 0 Å². The van der Waals surface area contributed by atoms with Gasteiger partial charge in [0, 0.05) is 6.54 Å². The first kappa shape index (κ1) is 16.1. The third kappa shape index (κ3) is 3.67. The topological polar surface area (TPSA) is 27.1 Å². The fraction of sp³-hybridized carbons (Fsp3) is 0.471. The van der Waals surface area contributed by atoms with Crippen LogP contribution in [0.15, 0.2) is 28.7 Å². The minimum absolute atomic E-state index is 0.166. The SMILES string of the molecule is CCn1nc(C)c(Br)c1COc1ccc(C(C)(C)C)cc1. The van der Waals surface area contributed by atoms with Crippen LogP contribution in [-0.4, -0.2) is 9.78 Å². The van der Waals surface area contributed by atoms with Gasteiger partial charge >= 0.3 is 0 Å². The number of benzene rings is 1. The number of ether oxygens (including phenoxy) is 1. The van der Waals surface area contributed by atoms with Crippen LogP contribution in [0.1, 0.15) is 44.6 Å². The maximum absolute atomic E-state index is 5.91. The fourth-order valence-corrected chi connectivity index (χ4v) is 2.61. The predicted molar refractivity (Wildman–Crippen MR) is 89.8 cm³/mol. The molecule has 0 saturated carbocycles. The molecule has 0 amide bonds. The summed E-state index contributed by atoms with van der Waals surface area (Å²) in [6.07, 6.45) is 0. The Balaban J connectivity index is 2.10. The molecule has 0 bridgehead atoms. The Hall–Kier alpha value is -1.29. The van der Waals surface area contributed by atoms with E-state index in [9.17, 15) is 0 Å². The van der Waals surface area contributed by atoms with E-state index in [0.717, 1.165) is 28.2 Å². The van der Waals surface area contributed by atoms with E-state index in [2.05, 4.69) is 60.9 Å². The zero-order chi connectivity index (χ0) is 15.6. The van der Waals surface area contributed by atoms with Crippen LogP contribution in [0.3, 0.4) is 0 Å². The van der Waals surface area contributed by atoms with E-state index in [-0.39, 0.29) is 5.41 Å². The molecule has 1 aromatic heterocycles. The Kier molecular flexibility index (Phi) is 4.77. The first-order valence-corrected chi connectivity index (χ1v) is 8.07. The summed E-state index contributed by atoms with van der Waals surface area (Å²) >= 11 is 3.59. The van der Waals surface area contributed by atoms with Crippen LogP contribution in [0.25, 0.3) is 0 Å². The molecule has 2 aromatic rings. The molecule has 0 atom stereocenters. The highest BCUT2D eigenvalue weighted by molar-refractivity contribution is 9.10. The Labute approximate surface area is 135 Å². The van der Waals surface area contributed by atoms with Gasteiger partial charge in [0.05, 0.1) is 15.9 Å².